The van der Waals surface area contributed by atoms with Crippen molar-refractivity contribution in [3.8, 4) is 0 Å². The molecule has 0 spiro atoms. The van der Waals surface area contributed by atoms with E-state index in [9.17, 15) is 0 Å². The van der Waals surface area contributed by atoms with E-state index in [0.29, 0.717) is 0 Å². The van der Waals surface area contributed by atoms with E-state index in [1.54, 1.807) is 7.11 Å². The van der Waals surface area contributed by atoms with E-state index in [2.05, 4.69) is 5.43 Å². The average molecular weight is 228 g/mol. The van der Waals surface area contributed by atoms with Gasteiger partial charge < -0.3 is 9.47 Å². The Kier molecular flexibility index (Phi) is 4.19. The largest absolute Gasteiger partial charge is 0.381 e. The predicted molar refractivity (Wildman–Crippen MR) is 62.9 cm³/mol. The maximum Gasteiger partial charge on any atom is 0.0888 e. The lowest BCUT2D eigenvalue weighted by molar-refractivity contribution is -0.112. The summed E-state index contributed by atoms with van der Waals surface area (Å²) in [6, 6.07) is 0.266. The van der Waals surface area contributed by atoms with Crippen molar-refractivity contribution in [2.75, 3.05) is 20.3 Å². The van der Waals surface area contributed by atoms with Crippen molar-refractivity contribution < 1.29 is 9.47 Å². The Bertz CT molecular complexity index is 213. The first kappa shape index (κ1) is 12.3. The molecule has 0 radical (unpaired) electrons. The number of nitrogens with one attached hydrogen (secondary N) is 1. The summed E-state index contributed by atoms with van der Waals surface area (Å²) < 4.78 is 11.2. The molecule has 1 saturated heterocycles. The molecular weight excluding hydrogens is 204 g/mol. The van der Waals surface area contributed by atoms with Crippen LogP contribution in [0.2, 0.25) is 0 Å². The standard InChI is InChI=1S/C12H24N2O2/c1-15-12(6-8-16-9-7-12)11(14-13)5-4-10-2-3-10/h10-11,14H,2-9,13H2,1H3. The minimum atomic E-state index is -0.109. The van der Waals surface area contributed by atoms with Crippen LogP contribution in [0, 0.1) is 5.92 Å². The van der Waals surface area contributed by atoms with Gasteiger partial charge >= 0.3 is 0 Å². The molecule has 1 saturated carbocycles. The van der Waals surface area contributed by atoms with Crippen LogP contribution in [0.25, 0.3) is 0 Å². The van der Waals surface area contributed by atoms with E-state index < -0.39 is 0 Å². The first-order valence-corrected chi connectivity index (χ1v) is 6.40. The highest BCUT2D eigenvalue weighted by atomic mass is 16.5. The molecule has 2 aliphatic rings. The van der Waals surface area contributed by atoms with E-state index in [1.807, 2.05) is 0 Å². The Morgan fingerprint density at radius 3 is 2.62 bits per heavy atom. The molecule has 0 aromatic heterocycles. The van der Waals surface area contributed by atoms with E-state index >= 15 is 0 Å². The number of nitrogens with two attached hydrogens (primary N) is 1. The van der Waals surface area contributed by atoms with E-state index in [0.717, 1.165) is 38.4 Å². The molecule has 94 valence electrons. The second-order valence-corrected chi connectivity index (χ2v) is 5.12. The number of methoxy groups -OCH3 is 1. The highest BCUT2D eigenvalue weighted by Crippen LogP contribution is 2.37. The van der Waals surface area contributed by atoms with Gasteiger partial charge in [0.2, 0.25) is 0 Å². The monoisotopic (exact) mass is 228 g/mol. The molecule has 4 nitrogen and oxygen atoms in total. The zero-order chi connectivity index (χ0) is 11.4. The smallest absolute Gasteiger partial charge is 0.0888 e. The minimum Gasteiger partial charge on any atom is -0.381 e. The summed E-state index contributed by atoms with van der Waals surface area (Å²) >= 11 is 0. The van der Waals surface area contributed by atoms with Gasteiger partial charge in [0, 0.05) is 33.2 Å². The highest BCUT2D eigenvalue weighted by molar-refractivity contribution is 4.94. The summed E-state index contributed by atoms with van der Waals surface area (Å²) in [5.41, 5.74) is 2.86. The van der Waals surface area contributed by atoms with Crippen LogP contribution in [-0.4, -0.2) is 32.0 Å². The first-order valence-electron chi connectivity index (χ1n) is 6.40. The summed E-state index contributed by atoms with van der Waals surface area (Å²) in [7, 11) is 1.80. The van der Waals surface area contributed by atoms with Gasteiger partial charge in [0.15, 0.2) is 0 Å². The van der Waals surface area contributed by atoms with Gasteiger partial charge in [0.1, 0.15) is 0 Å². The Hall–Kier alpha value is -0.160. The third-order valence-electron chi connectivity index (χ3n) is 4.14. The van der Waals surface area contributed by atoms with Gasteiger partial charge in [-0.3, -0.25) is 11.3 Å². The summed E-state index contributed by atoms with van der Waals surface area (Å²) in [6.07, 6.45) is 7.10. The molecule has 0 aromatic rings. The molecule has 0 amide bonds. The van der Waals surface area contributed by atoms with Crippen LogP contribution in [0.5, 0.6) is 0 Å². The molecule has 1 aliphatic heterocycles. The Morgan fingerprint density at radius 1 is 1.44 bits per heavy atom. The fourth-order valence-electron chi connectivity index (χ4n) is 2.72. The van der Waals surface area contributed by atoms with Crippen LogP contribution in [0.1, 0.15) is 38.5 Å². The molecule has 0 aromatic carbocycles. The number of rotatable bonds is 6. The quantitative estimate of drug-likeness (QED) is 0.530. The van der Waals surface area contributed by atoms with Crippen LogP contribution >= 0.6 is 0 Å². The number of ether oxygens (including phenoxy) is 2. The van der Waals surface area contributed by atoms with Crippen LogP contribution in [0.4, 0.5) is 0 Å². The molecule has 2 rings (SSSR count). The van der Waals surface area contributed by atoms with Gasteiger partial charge in [-0.2, -0.15) is 0 Å². The summed E-state index contributed by atoms with van der Waals surface area (Å²) in [4.78, 5) is 0. The van der Waals surface area contributed by atoms with Crippen LogP contribution in [0.15, 0.2) is 0 Å². The van der Waals surface area contributed by atoms with E-state index in [4.69, 9.17) is 15.3 Å². The van der Waals surface area contributed by atoms with Gasteiger partial charge in [0.05, 0.1) is 11.6 Å². The fraction of sp³-hybridized carbons (Fsp3) is 1.00. The van der Waals surface area contributed by atoms with Crippen LogP contribution < -0.4 is 11.3 Å². The molecular formula is C12H24N2O2. The normalized spacial score (nSPS) is 26.6. The molecule has 3 N–H and O–H groups in total. The Balaban J connectivity index is 1.91. The third-order valence-corrected chi connectivity index (χ3v) is 4.14. The summed E-state index contributed by atoms with van der Waals surface area (Å²) in [5, 5.41) is 0. The van der Waals surface area contributed by atoms with Crippen molar-refractivity contribution in [1.29, 1.82) is 0 Å². The minimum absolute atomic E-state index is 0.109. The van der Waals surface area contributed by atoms with Crippen molar-refractivity contribution >= 4 is 0 Å². The molecule has 1 unspecified atom stereocenters. The number of hydrogen-bond acceptors (Lipinski definition) is 4. The van der Waals surface area contributed by atoms with Crippen molar-refractivity contribution in [3.05, 3.63) is 0 Å². The van der Waals surface area contributed by atoms with E-state index in [1.165, 1.54) is 19.3 Å². The van der Waals surface area contributed by atoms with Crippen molar-refractivity contribution in [2.24, 2.45) is 11.8 Å². The van der Waals surface area contributed by atoms with Crippen LogP contribution in [0.3, 0.4) is 0 Å². The molecule has 0 bridgehead atoms. The molecule has 1 heterocycles. The SMILES string of the molecule is COC1(C(CCC2CC2)NN)CCOCC1. The van der Waals surface area contributed by atoms with Gasteiger partial charge in [-0.25, -0.2) is 0 Å². The molecule has 4 heteroatoms. The fourth-order valence-corrected chi connectivity index (χ4v) is 2.72. The lowest BCUT2D eigenvalue weighted by atomic mass is 9.83. The molecule has 1 aliphatic carbocycles. The van der Waals surface area contributed by atoms with Gasteiger partial charge in [0.25, 0.3) is 0 Å². The van der Waals surface area contributed by atoms with Gasteiger partial charge in [-0.15, -0.1) is 0 Å². The summed E-state index contributed by atoms with van der Waals surface area (Å²) in [6.45, 7) is 1.57. The molecule has 2 fully saturated rings. The van der Waals surface area contributed by atoms with Crippen molar-refractivity contribution in [2.45, 2.75) is 50.2 Å². The van der Waals surface area contributed by atoms with Crippen LogP contribution in [-0.2, 0) is 9.47 Å². The zero-order valence-electron chi connectivity index (χ0n) is 10.2. The Labute approximate surface area is 97.8 Å². The second-order valence-electron chi connectivity index (χ2n) is 5.12. The number of hydrazine groups is 1. The van der Waals surface area contributed by atoms with Gasteiger partial charge in [-0.1, -0.05) is 12.8 Å². The van der Waals surface area contributed by atoms with Gasteiger partial charge in [-0.05, 0) is 18.8 Å². The van der Waals surface area contributed by atoms with Crippen molar-refractivity contribution in [1.82, 2.24) is 5.43 Å². The zero-order valence-corrected chi connectivity index (χ0v) is 10.2. The predicted octanol–water partition coefficient (Wildman–Crippen LogP) is 1.20. The average Bonchev–Trinajstić information content (AvgIpc) is 3.15. The van der Waals surface area contributed by atoms with Crippen molar-refractivity contribution in [3.63, 3.8) is 0 Å². The third kappa shape index (κ3) is 2.74. The highest BCUT2D eigenvalue weighted by Gasteiger charge is 2.40. The first-order chi connectivity index (χ1) is 7.80. The number of hydrogen-bond donors (Lipinski definition) is 2. The lowest BCUT2D eigenvalue weighted by Gasteiger charge is -2.42. The topological polar surface area (TPSA) is 56.5 Å². The maximum absolute atomic E-state index is 5.76. The lowest BCUT2D eigenvalue weighted by Crippen LogP contribution is -2.57. The molecule has 16 heavy (non-hydrogen) atoms. The van der Waals surface area contributed by atoms with E-state index in [-0.39, 0.29) is 11.6 Å². The summed E-state index contributed by atoms with van der Waals surface area (Å²) in [5.74, 6) is 6.65. The maximum atomic E-state index is 5.76. The Morgan fingerprint density at radius 2 is 2.12 bits per heavy atom. The molecule has 1 atom stereocenters. The second kappa shape index (κ2) is 5.45.